The van der Waals surface area contributed by atoms with E-state index in [1.165, 1.54) is 0 Å². The Hall–Kier alpha value is -5.54. The second-order valence-corrected chi connectivity index (χ2v) is 9.27. The van der Waals surface area contributed by atoms with Crippen LogP contribution in [0.2, 0.25) is 0 Å². The molecule has 0 fully saturated rings. The Bertz CT molecular complexity index is 1430. The minimum Gasteiger partial charge on any atom is -0.379 e. The maximum absolute atomic E-state index is 4.42. The molecule has 0 saturated heterocycles. The number of rotatable bonds is 8. The van der Waals surface area contributed by atoms with Gasteiger partial charge in [-0.05, 0) is 98.1 Å². The van der Waals surface area contributed by atoms with Crippen molar-refractivity contribution in [3.8, 4) is 0 Å². The summed E-state index contributed by atoms with van der Waals surface area (Å²) in [7, 11) is 0. The molecule has 0 atom stereocenters. The Balaban J connectivity index is 0.000000150. The van der Waals surface area contributed by atoms with Gasteiger partial charge in [-0.1, -0.05) is 0 Å². The van der Waals surface area contributed by atoms with Crippen molar-refractivity contribution in [1.82, 2.24) is 77.5 Å². The largest absolute Gasteiger partial charge is 2.00 e. The van der Waals surface area contributed by atoms with E-state index in [4.69, 9.17) is 0 Å². The molecule has 0 aliphatic rings. The van der Waals surface area contributed by atoms with E-state index in [2.05, 4.69) is 40.8 Å². The van der Waals surface area contributed by atoms with Gasteiger partial charge in [0.05, 0.1) is 0 Å². The zero-order chi connectivity index (χ0) is 28.2. The summed E-state index contributed by atoms with van der Waals surface area (Å²) in [5, 5.41) is 35.3. The molecule has 8 rings (SSSR count). The van der Waals surface area contributed by atoms with Crippen molar-refractivity contribution in [3.05, 3.63) is 148 Å². The summed E-state index contributed by atoms with van der Waals surface area (Å²) in [6, 6.07) is 14.9. The molecule has 8 aromatic heterocycles. The summed E-state index contributed by atoms with van der Waals surface area (Å²) in [4.78, 5) is 0. The van der Waals surface area contributed by atoms with Crippen molar-refractivity contribution in [2.75, 3.05) is 0 Å². The van der Waals surface area contributed by atoms with Gasteiger partial charge in [-0.2, -0.15) is 0 Å². The van der Waals surface area contributed by atoms with Gasteiger partial charge in [0, 0.05) is 49.6 Å². The van der Waals surface area contributed by atoms with Gasteiger partial charge in [-0.25, -0.2) is 40.8 Å². The summed E-state index contributed by atoms with van der Waals surface area (Å²) >= 11 is 0. The molecule has 19 heteroatoms. The molecule has 215 valence electrons. The second kappa shape index (κ2) is 11.8. The maximum atomic E-state index is 4.42. The standard InChI is InChI=1S/2C12H12BN8.Ir/c2*1-5-14-18(9-1)13(19-10-2-6-15-19,20-11-3-7-16-20)21-12-4-8-17-21;/h2*1-12H;/q2*-1;+2. The van der Waals surface area contributed by atoms with Gasteiger partial charge >= 0.3 is 33.5 Å². The van der Waals surface area contributed by atoms with Crippen LogP contribution in [0, 0.1) is 0 Å². The molecule has 0 aliphatic carbocycles. The summed E-state index contributed by atoms with van der Waals surface area (Å²) in [6.45, 7) is -3.67. The van der Waals surface area contributed by atoms with Crippen LogP contribution in [0.25, 0.3) is 0 Å². The molecule has 0 aromatic carbocycles. The van der Waals surface area contributed by atoms with Gasteiger partial charge in [-0.15, -0.1) is 0 Å². The van der Waals surface area contributed by atoms with Gasteiger partial charge in [0.25, 0.3) is 0 Å². The Kier molecular flexibility index (Phi) is 7.55. The molecular weight excluding hydrogens is 726 g/mol. The average Bonchev–Trinajstić information content (AvgIpc) is 3.91. The topological polar surface area (TPSA) is 143 Å². The van der Waals surface area contributed by atoms with Crippen molar-refractivity contribution >= 4 is 13.4 Å². The fourth-order valence-corrected chi connectivity index (χ4v) is 5.34. The normalized spacial score (nSPS) is 11.5. The van der Waals surface area contributed by atoms with E-state index in [0.717, 1.165) is 0 Å². The first-order valence-corrected chi connectivity index (χ1v) is 13.1. The van der Waals surface area contributed by atoms with Crippen LogP contribution in [-0.2, 0) is 20.1 Å². The number of aromatic nitrogens is 16. The van der Waals surface area contributed by atoms with Crippen molar-refractivity contribution in [3.63, 3.8) is 0 Å². The monoisotopic (exact) mass is 751 g/mol. The van der Waals surface area contributed by atoms with Gasteiger partial charge in [0.15, 0.2) is 0 Å². The molecule has 1 radical (unpaired) electrons. The van der Waals surface area contributed by atoms with E-state index in [1.807, 2.05) is 135 Å². The molecular formula is C24H24B2IrN16. The third kappa shape index (κ3) is 4.47. The molecule has 8 heterocycles. The molecule has 8 aromatic rings. The van der Waals surface area contributed by atoms with E-state index in [9.17, 15) is 0 Å². The van der Waals surface area contributed by atoms with Crippen LogP contribution in [0.1, 0.15) is 0 Å². The third-order valence-corrected chi connectivity index (χ3v) is 7.04. The van der Waals surface area contributed by atoms with Gasteiger partial charge < -0.3 is 36.7 Å². The van der Waals surface area contributed by atoms with E-state index in [1.54, 1.807) is 49.6 Å². The molecule has 0 amide bonds. The molecule has 0 saturated carbocycles. The number of hydrogen-bond acceptors (Lipinski definition) is 8. The first kappa shape index (κ1) is 27.6. The molecule has 0 unspecified atom stereocenters. The van der Waals surface area contributed by atoms with Crippen molar-refractivity contribution < 1.29 is 20.1 Å². The summed E-state index contributed by atoms with van der Waals surface area (Å²) in [5.74, 6) is 0. The first-order chi connectivity index (χ1) is 20.8. The minimum atomic E-state index is -1.83. The maximum Gasteiger partial charge on any atom is 2.00 e. The molecule has 0 bridgehead atoms. The third-order valence-electron chi connectivity index (χ3n) is 7.04. The van der Waals surface area contributed by atoms with E-state index < -0.39 is 13.4 Å². The number of nitrogens with zero attached hydrogens (tertiary/aromatic N) is 16. The van der Waals surface area contributed by atoms with Crippen LogP contribution in [0.5, 0.6) is 0 Å². The molecule has 0 aliphatic heterocycles. The smallest absolute Gasteiger partial charge is 0.379 e. The Labute approximate surface area is 258 Å². The van der Waals surface area contributed by atoms with Crippen LogP contribution < -0.4 is 0 Å². The second-order valence-electron chi connectivity index (χ2n) is 9.27. The van der Waals surface area contributed by atoms with Crippen molar-refractivity contribution in [2.45, 2.75) is 0 Å². The molecule has 43 heavy (non-hydrogen) atoms. The zero-order valence-electron chi connectivity index (χ0n) is 22.5. The predicted molar refractivity (Wildman–Crippen MR) is 153 cm³/mol. The molecule has 0 spiro atoms. The summed E-state index contributed by atoms with van der Waals surface area (Å²) < 4.78 is 14.5. The predicted octanol–water partition coefficient (Wildman–Crippen LogP) is 0.800. The molecule has 16 nitrogen and oxygen atoms in total. The van der Waals surface area contributed by atoms with Gasteiger partial charge in [-0.3, -0.25) is 0 Å². The fraction of sp³-hybridized carbons (Fsp3) is 0. The quantitative estimate of drug-likeness (QED) is 0.208. The molecule has 0 N–H and O–H groups in total. The van der Waals surface area contributed by atoms with Crippen LogP contribution >= 0.6 is 0 Å². The van der Waals surface area contributed by atoms with Crippen molar-refractivity contribution in [1.29, 1.82) is 0 Å². The van der Waals surface area contributed by atoms with Crippen LogP contribution in [0.4, 0.5) is 0 Å². The first-order valence-electron chi connectivity index (χ1n) is 13.1. The minimum absolute atomic E-state index is 0. The zero-order valence-corrected chi connectivity index (χ0v) is 24.9. The average molecular weight is 750 g/mol. The fourth-order valence-electron chi connectivity index (χ4n) is 5.34. The number of hydrogen-bond donors (Lipinski definition) is 0. The van der Waals surface area contributed by atoms with E-state index in [0.29, 0.717) is 0 Å². The van der Waals surface area contributed by atoms with Gasteiger partial charge in [0.2, 0.25) is 0 Å². The van der Waals surface area contributed by atoms with Gasteiger partial charge in [0.1, 0.15) is 0 Å². The summed E-state index contributed by atoms with van der Waals surface area (Å²) in [5.41, 5.74) is 0. The van der Waals surface area contributed by atoms with Crippen LogP contribution in [0.15, 0.2) is 148 Å². The van der Waals surface area contributed by atoms with Crippen LogP contribution in [0.3, 0.4) is 0 Å². The van der Waals surface area contributed by atoms with E-state index >= 15 is 0 Å². The Morgan fingerprint density at radius 3 is 0.488 bits per heavy atom. The Morgan fingerprint density at radius 2 is 0.395 bits per heavy atom. The Morgan fingerprint density at radius 1 is 0.256 bits per heavy atom. The van der Waals surface area contributed by atoms with Crippen LogP contribution in [-0.4, -0.2) is 90.9 Å². The van der Waals surface area contributed by atoms with Crippen molar-refractivity contribution in [2.24, 2.45) is 0 Å². The SMILES string of the molecule is [Ir+2].c1cnn([B-](n2cccn2)(n2cccn2)n2cccn2)c1.c1cnn([B-](n2cccn2)(n2cccn2)n2cccn2)c1. The van der Waals surface area contributed by atoms with E-state index in [-0.39, 0.29) is 20.1 Å². The summed E-state index contributed by atoms with van der Waals surface area (Å²) in [6.07, 6.45) is 28.9.